The van der Waals surface area contributed by atoms with Crippen LogP contribution < -0.4 is 0 Å². The standard InChI is InChI=1S/C12H22O2/c1-4-12(3,13)10-8-6-7-9-11(10)14-5-2/h5,10-11,13H,2,4,6-9H2,1,3H3/t10-,11+,12-/m0/s1. The topological polar surface area (TPSA) is 29.5 Å². The molecule has 0 aromatic carbocycles. The molecule has 0 spiro atoms. The lowest BCUT2D eigenvalue weighted by molar-refractivity contribution is -0.0819. The van der Waals surface area contributed by atoms with Gasteiger partial charge in [0.2, 0.25) is 0 Å². The molecule has 0 saturated heterocycles. The van der Waals surface area contributed by atoms with Crippen molar-refractivity contribution in [1.29, 1.82) is 0 Å². The van der Waals surface area contributed by atoms with Gasteiger partial charge < -0.3 is 9.84 Å². The van der Waals surface area contributed by atoms with Crippen molar-refractivity contribution in [1.82, 2.24) is 0 Å². The van der Waals surface area contributed by atoms with E-state index in [1.54, 1.807) is 0 Å². The summed E-state index contributed by atoms with van der Waals surface area (Å²) in [4.78, 5) is 0. The minimum Gasteiger partial charge on any atom is -0.498 e. The van der Waals surface area contributed by atoms with Gasteiger partial charge in [0, 0.05) is 5.92 Å². The summed E-state index contributed by atoms with van der Waals surface area (Å²) in [5.41, 5.74) is -0.589. The zero-order valence-corrected chi connectivity index (χ0v) is 9.33. The Kier molecular flexibility index (Phi) is 3.99. The Balaban J connectivity index is 2.66. The van der Waals surface area contributed by atoms with Crippen LogP contribution in [-0.4, -0.2) is 16.8 Å². The zero-order valence-electron chi connectivity index (χ0n) is 9.33. The van der Waals surface area contributed by atoms with E-state index in [0.717, 1.165) is 19.3 Å². The molecule has 1 aliphatic rings. The molecule has 0 radical (unpaired) electrons. The molecule has 3 atom stereocenters. The van der Waals surface area contributed by atoms with E-state index in [4.69, 9.17) is 4.74 Å². The highest BCUT2D eigenvalue weighted by Gasteiger charge is 2.38. The van der Waals surface area contributed by atoms with Crippen molar-refractivity contribution >= 4 is 0 Å². The van der Waals surface area contributed by atoms with Crippen molar-refractivity contribution in [2.75, 3.05) is 0 Å². The predicted octanol–water partition coefficient (Wildman–Crippen LogP) is 2.87. The summed E-state index contributed by atoms with van der Waals surface area (Å²) in [5, 5.41) is 10.2. The quantitative estimate of drug-likeness (QED) is 0.704. The van der Waals surface area contributed by atoms with E-state index < -0.39 is 5.60 Å². The molecule has 1 fully saturated rings. The van der Waals surface area contributed by atoms with Gasteiger partial charge in [-0.3, -0.25) is 0 Å². The van der Waals surface area contributed by atoms with Crippen LogP contribution in [0.25, 0.3) is 0 Å². The second-order valence-corrected chi connectivity index (χ2v) is 4.44. The third-order valence-electron chi connectivity index (χ3n) is 3.49. The molecule has 82 valence electrons. The molecule has 0 aliphatic heterocycles. The fraction of sp³-hybridized carbons (Fsp3) is 0.833. The fourth-order valence-corrected chi connectivity index (χ4v) is 2.36. The normalized spacial score (nSPS) is 31.9. The molecular formula is C12H22O2. The van der Waals surface area contributed by atoms with Crippen molar-refractivity contribution in [2.24, 2.45) is 5.92 Å². The molecule has 1 aliphatic carbocycles. The maximum atomic E-state index is 10.2. The van der Waals surface area contributed by atoms with Crippen molar-refractivity contribution < 1.29 is 9.84 Å². The molecule has 2 heteroatoms. The maximum absolute atomic E-state index is 10.2. The van der Waals surface area contributed by atoms with Gasteiger partial charge in [0.05, 0.1) is 11.9 Å². The largest absolute Gasteiger partial charge is 0.498 e. The van der Waals surface area contributed by atoms with Crippen molar-refractivity contribution in [3.63, 3.8) is 0 Å². The van der Waals surface area contributed by atoms with Crippen LogP contribution in [0, 0.1) is 5.92 Å². The van der Waals surface area contributed by atoms with Gasteiger partial charge in [0.25, 0.3) is 0 Å². The van der Waals surface area contributed by atoms with E-state index in [1.807, 2.05) is 13.8 Å². The van der Waals surface area contributed by atoms with Gasteiger partial charge >= 0.3 is 0 Å². The van der Waals surface area contributed by atoms with Crippen LogP contribution in [0.2, 0.25) is 0 Å². The van der Waals surface area contributed by atoms with E-state index in [1.165, 1.54) is 19.1 Å². The lowest BCUT2D eigenvalue weighted by Gasteiger charge is -2.40. The Labute approximate surface area is 87.0 Å². The van der Waals surface area contributed by atoms with Crippen LogP contribution >= 0.6 is 0 Å². The first-order chi connectivity index (χ1) is 6.61. The lowest BCUT2D eigenvalue weighted by Crippen LogP contribution is -2.43. The monoisotopic (exact) mass is 198 g/mol. The van der Waals surface area contributed by atoms with Gasteiger partial charge in [-0.1, -0.05) is 19.9 Å². The van der Waals surface area contributed by atoms with Crippen LogP contribution in [0.4, 0.5) is 0 Å². The molecule has 1 N–H and O–H groups in total. The minimum atomic E-state index is -0.589. The van der Waals surface area contributed by atoms with Crippen LogP contribution in [0.3, 0.4) is 0 Å². The van der Waals surface area contributed by atoms with Crippen LogP contribution in [0.1, 0.15) is 46.0 Å². The molecule has 0 unspecified atom stereocenters. The highest BCUT2D eigenvalue weighted by Crippen LogP contribution is 2.36. The molecule has 0 aromatic rings. The molecule has 1 rings (SSSR count). The number of aliphatic hydroxyl groups is 1. The van der Waals surface area contributed by atoms with Gasteiger partial charge in [-0.15, -0.1) is 0 Å². The van der Waals surface area contributed by atoms with Crippen molar-refractivity contribution in [3.05, 3.63) is 12.8 Å². The average molecular weight is 198 g/mol. The number of rotatable bonds is 4. The molecule has 0 heterocycles. The summed E-state index contributed by atoms with van der Waals surface area (Å²) in [7, 11) is 0. The van der Waals surface area contributed by atoms with Crippen LogP contribution in [0.5, 0.6) is 0 Å². The predicted molar refractivity (Wildman–Crippen MR) is 57.9 cm³/mol. The summed E-state index contributed by atoms with van der Waals surface area (Å²) in [6.07, 6.45) is 6.98. The molecule has 0 amide bonds. The number of ether oxygens (including phenoxy) is 1. The van der Waals surface area contributed by atoms with E-state index in [2.05, 4.69) is 6.58 Å². The average Bonchev–Trinajstić information content (AvgIpc) is 2.19. The van der Waals surface area contributed by atoms with Crippen LogP contribution in [0.15, 0.2) is 12.8 Å². The highest BCUT2D eigenvalue weighted by molar-refractivity contribution is 4.89. The zero-order chi connectivity index (χ0) is 10.6. The summed E-state index contributed by atoms with van der Waals surface area (Å²) >= 11 is 0. The Morgan fingerprint density at radius 1 is 1.50 bits per heavy atom. The molecule has 14 heavy (non-hydrogen) atoms. The number of hydrogen-bond donors (Lipinski definition) is 1. The van der Waals surface area contributed by atoms with E-state index in [-0.39, 0.29) is 12.0 Å². The van der Waals surface area contributed by atoms with Gasteiger partial charge in [-0.25, -0.2) is 0 Å². The third-order valence-corrected chi connectivity index (χ3v) is 3.49. The first kappa shape index (κ1) is 11.6. The van der Waals surface area contributed by atoms with Gasteiger partial charge in [0.1, 0.15) is 6.10 Å². The van der Waals surface area contributed by atoms with Crippen molar-refractivity contribution in [3.8, 4) is 0 Å². The van der Waals surface area contributed by atoms with E-state index in [9.17, 15) is 5.11 Å². The van der Waals surface area contributed by atoms with Gasteiger partial charge in [-0.05, 0) is 32.6 Å². The molecule has 2 nitrogen and oxygen atoms in total. The second kappa shape index (κ2) is 4.83. The Bertz CT molecular complexity index is 187. The Morgan fingerprint density at radius 3 is 2.71 bits per heavy atom. The SMILES string of the molecule is C=CO[C@@H]1CCCC[C@@H]1[C@@](C)(O)CC. The van der Waals surface area contributed by atoms with Crippen molar-refractivity contribution in [2.45, 2.75) is 57.7 Å². The maximum Gasteiger partial charge on any atom is 0.103 e. The summed E-state index contributed by atoms with van der Waals surface area (Å²) < 4.78 is 5.49. The Hall–Kier alpha value is -0.500. The smallest absolute Gasteiger partial charge is 0.103 e. The highest BCUT2D eigenvalue weighted by atomic mass is 16.5. The Morgan fingerprint density at radius 2 is 2.14 bits per heavy atom. The number of hydrogen-bond acceptors (Lipinski definition) is 2. The summed E-state index contributed by atoms with van der Waals surface area (Å²) in [6.45, 7) is 7.54. The molecule has 0 aromatic heterocycles. The van der Waals surface area contributed by atoms with E-state index >= 15 is 0 Å². The molecular weight excluding hydrogens is 176 g/mol. The van der Waals surface area contributed by atoms with Gasteiger partial charge in [-0.2, -0.15) is 0 Å². The summed E-state index contributed by atoms with van der Waals surface area (Å²) in [6, 6.07) is 0. The lowest BCUT2D eigenvalue weighted by atomic mass is 9.74. The fourth-order valence-electron chi connectivity index (χ4n) is 2.36. The van der Waals surface area contributed by atoms with Gasteiger partial charge in [0.15, 0.2) is 0 Å². The van der Waals surface area contributed by atoms with Crippen LogP contribution in [-0.2, 0) is 4.74 Å². The summed E-state index contributed by atoms with van der Waals surface area (Å²) in [5.74, 6) is 0.263. The second-order valence-electron chi connectivity index (χ2n) is 4.44. The first-order valence-electron chi connectivity index (χ1n) is 5.60. The minimum absolute atomic E-state index is 0.163. The third kappa shape index (κ3) is 2.50. The van der Waals surface area contributed by atoms with E-state index in [0.29, 0.717) is 0 Å². The first-order valence-corrected chi connectivity index (χ1v) is 5.60. The molecule has 0 bridgehead atoms. The molecule has 1 saturated carbocycles.